The van der Waals surface area contributed by atoms with Gasteiger partial charge in [-0.1, -0.05) is 24.3 Å². The molecule has 0 saturated carbocycles. The largest absolute Gasteiger partial charge is 0.508 e. The molecule has 184 valence electrons. The van der Waals surface area contributed by atoms with Gasteiger partial charge in [0, 0.05) is 11.1 Å². The topological polar surface area (TPSA) is 134 Å². The highest BCUT2D eigenvalue weighted by atomic mass is 16.5. The summed E-state index contributed by atoms with van der Waals surface area (Å²) in [5, 5.41) is 31.3. The summed E-state index contributed by atoms with van der Waals surface area (Å²) in [4.78, 5) is 40.7. The van der Waals surface area contributed by atoms with Gasteiger partial charge in [-0.15, -0.1) is 0 Å². The lowest BCUT2D eigenvalue weighted by molar-refractivity contribution is -0.174. The van der Waals surface area contributed by atoms with E-state index in [1.165, 1.54) is 67.8 Å². The number of methoxy groups -OCH3 is 2. The zero-order chi connectivity index (χ0) is 26.0. The number of hydrogen-bond donors (Lipinski definition) is 3. The first-order valence-electron chi connectivity index (χ1n) is 10.8. The van der Waals surface area contributed by atoms with Crippen LogP contribution in [0.2, 0.25) is 0 Å². The number of Topliss-reactive ketones (excluding diaryl/α,β-unsaturated/α-hetero) is 1. The molecule has 36 heavy (non-hydrogen) atoms. The molecule has 0 unspecified atom stereocenters. The van der Waals surface area contributed by atoms with Crippen molar-refractivity contribution in [2.24, 2.45) is 0 Å². The molecular weight excluding hydrogens is 466 g/mol. The minimum absolute atomic E-state index is 0.0502. The van der Waals surface area contributed by atoms with Gasteiger partial charge < -0.3 is 24.8 Å². The zero-order valence-corrected chi connectivity index (χ0v) is 19.5. The Balaban J connectivity index is 1.88. The molecule has 1 amide bonds. The number of carbonyl (C=O) groups excluding carboxylic acids is 3. The highest BCUT2D eigenvalue weighted by Gasteiger charge is 2.58. The second kappa shape index (κ2) is 9.55. The number of carbonyl (C=O) groups is 3. The number of phenolic OH excluding ortho intramolecular Hbond substituents is 2. The molecule has 3 aromatic rings. The van der Waals surface area contributed by atoms with Crippen molar-refractivity contribution in [2.45, 2.75) is 5.72 Å². The van der Waals surface area contributed by atoms with Crippen molar-refractivity contribution in [2.75, 3.05) is 20.8 Å². The van der Waals surface area contributed by atoms with Crippen molar-refractivity contribution in [3.8, 4) is 17.2 Å². The van der Waals surface area contributed by atoms with Gasteiger partial charge in [0.15, 0.2) is 5.78 Å². The van der Waals surface area contributed by atoms with Crippen LogP contribution in [0, 0.1) is 0 Å². The van der Waals surface area contributed by atoms with Crippen molar-refractivity contribution in [3.05, 3.63) is 89.5 Å². The molecule has 3 aromatic carbocycles. The predicted octanol–water partition coefficient (Wildman–Crippen LogP) is 2.60. The van der Waals surface area contributed by atoms with Crippen molar-refractivity contribution in [1.29, 1.82) is 0 Å². The van der Waals surface area contributed by atoms with Crippen LogP contribution >= 0.6 is 0 Å². The predicted molar refractivity (Wildman–Crippen MR) is 129 cm³/mol. The van der Waals surface area contributed by atoms with Crippen LogP contribution in [0.4, 0.5) is 0 Å². The van der Waals surface area contributed by atoms with Gasteiger partial charge in [0.2, 0.25) is 0 Å². The Morgan fingerprint density at radius 1 is 0.833 bits per heavy atom. The lowest BCUT2D eigenvalue weighted by Gasteiger charge is -2.33. The lowest BCUT2D eigenvalue weighted by atomic mass is 9.90. The van der Waals surface area contributed by atoms with E-state index in [0.717, 1.165) is 12.0 Å². The van der Waals surface area contributed by atoms with Crippen molar-refractivity contribution in [1.82, 2.24) is 4.90 Å². The van der Waals surface area contributed by atoms with E-state index in [2.05, 4.69) is 0 Å². The molecule has 0 saturated heterocycles. The summed E-state index contributed by atoms with van der Waals surface area (Å²) in [6.45, 7) is -0.639. The Bertz CT molecular complexity index is 1340. The Labute approximate surface area is 206 Å². The van der Waals surface area contributed by atoms with E-state index in [-0.39, 0.29) is 33.8 Å². The molecule has 4 rings (SSSR count). The van der Waals surface area contributed by atoms with Gasteiger partial charge in [-0.25, -0.2) is 4.79 Å². The second-order valence-electron chi connectivity index (χ2n) is 8.05. The number of nitrogens with zero attached hydrogens (tertiary/aromatic N) is 1. The second-order valence-corrected chi connectivity index (χ2v) is 8.05. The molecule has 0 radical (unpaired) electrons. The van der Waals surface area contributed by atoms with Crippen molar-refractivity contribution in [3.63, 3.8) is 0 Å². The van der Waals surface area contributed by atoms with Crippen LogP contribution in [0.3, 0.4) is 0 Å². The first-order chi connectivity index (χ1) is 17.2. The number of hydrogen-bond acceptors (Lipinski definition) is 8. The molecule has 0 fully saturated rings. The first kappa shape index (κ1) is 24.5. The number of ketones is 1. The Kier molecular flexibility index (Phi) is 6.50. The molecular formula is C27H23NO8. The highest BCUT2D eigenvalue weighted by Crippen LogP contribution is 2.45. The van der Waals surface area contributed by atoms with Gasteiger partial charge in [-0.2, -0.15) is 0 Å². The maximum atomic E-state index is 13.8. The van der Waals surface area contributed by atoms with E-state index in [1.54, 1.807) is 12.1 Å². The third-order valence-electron chi connectivity index (χ3n) is 5.94. The van der Waals surface area contributed by atoms with E-state index in [9.17, 15) is 29.7 Å². The molecule has 0 aliphatic carbocycles. The minimum atomic E-state index is -2.65. The third-order valence-corrected chi connectivity index (χ3v) is 5.94. The SMILES string of the molecule is COC(=O)[C@]1(O)C(c2ccc(O)cc2)=C(c2ccc(O)cc2)C(=O)N1CC(=O)c1ccc(OC)cc1. The summed E-state index contributed by atoms with van der Waals surface area (Å²) < 4.78 is 9.98. The lowest BCUT2D eigenvalue weighted by Crippen LogP contribution is -2.56. The van der Waals surface area contributed by atoms with E-state index < -0.39 is 29.9 Å². The van der Waals surface area contributed by atoms with Gasteiger partial charge in [0.1, 0.15) is 17.2 Å². The van der Waals surface area contributed by atoms with Crippen LogP contribution < -0.4 is 4.74 Å². The Morgan fingerprint density at radius 3 is 1.86 bits per heavy atom. The number of aromatic hydroxyl groups is 2. The van der Waals surface area contributed by atoms with Gasteiger partial charge in [0.05, 0.1) is 26.3 Å². The van der Waals surface area contributed by atoms with Gasteiger partial charge in [-0.3, -0.25) is 14.5 Å². The number of aliphatic hydroxyl groups is 1. The molecule has 1 aliphatic rings. The summed E-state index contributed by atoms with van der Waals surface area (Å²) in [5.74, 6) is -2.09. The van der Waals surface area contributed by atoms with Crippen LogP contribution in [0.15, 0.2) is 72.8 Å². The molecule has 9 nitrogen and oxygen atoms in total. The van der Waals surface area contributed by atoms with Crippen LogP contribution in [-0.4, -0.2) is 64.4 Å². The Hall–Kier alpha value is -4.63. The standard InChI is InChI=1S/C27H23NO8/c1-35-21-13-7-16(8-14-21)22(31)15-28-25(32)23(17-3-9-19(29)10-4-17)24(27(28,34)26(33)36-2)18-5-11-20(30)12-6-18/h3-14,29-30,34H,15H2,1-2H3/t27-/m1/s1. The fourth-order valence-corrected chi connectivity index (χ4v) is 4.12. The maximum absolute atomic E-state index is 13.8. The van der Waals surface area contributed by atoms with Gasteiger partial charge in [0.25, 0.3) is 11.6 Å². The smallest absolute Gasteiger partial charge is 0.364 e. The van der Waals surface area contributed by atoms with E-state index >= 15 is 0 Å². The minimum Gasteiger partial charge on any atom is -0.508 e. The number of phenols is 2. The molecule has 1 aliphatic heterocycles. The molecule has 0 spiro atoms. The number of rotatable bonds is 7. The number of amides is 1. The summed E-state index contributed by atoms with van der Waals surface area (Å²) in [6, 6.07) is 17.3. The summed E-state index contributed by atoms with van der Waals surface area (Å²) in [5.41, 5.74) is -2.05. The van der Waals surface area contributed by atoms with Crippen LogP contribution in [0.1, 0.15) is 21.5 Å². The van der Waals surface area contributed by atoms with E-state index in [1.807, 2.05) is 0 Å². The first-order valence-corrected chi connectivity index (χ1v) is 10.8. The number of ether oxygens (including phenoxy) is 2. The average molecular weight is 489 g/mol. The molecule has 9 heteroatoms. The van der Waals surface area contributed by atoms with Crippen LogP contribution in [-0.2, 0) is 14.3 Å². The van der Waals surface area contributed by atoms with Crippen LogP contribution in [0.25, 0.3) is 11.1 Å². The fraction of sp³-hybridized carbons (Fsp3) is 0.148. The molecule has 1 heterocycles. The summed E-state index contributed by atoms with van der Waals surface area (Å²) >= 11 is 0. The van der Waals surface area contributed by atoms with Crippen LogP contribution in [0.5, 0.6) is 17.2 Å². The maximum Gasteiger partial charge on any atom is 0.364 e. The summed E-state index contributed by atoms with van der Waals surface area (Å²) in [6.07, 6.45) is 0. The Morgan fingerprint density at radius 2 is 1.36 bits per heavy atom. The molecule has 0 bridgehead atoms. The zero-order valence-electron chi connectivity index (χ0n) is 19.5. The van der Waals surface area contributed by atoms with Gasteiger partial charge in [-0.05, 0) is 59.7 Å². The summed E-state index contributed by atoms with van der Waals surface area (Å²) in [7, 11) is 2.54. The quantitative estimate of drug-likeness (QED) is 0.341. The fourth-order valence-electron chi connectivity index (χ4n) is 4.12. The third kappa shape index (κ3) is 4.16. The van der Waals surface area contributed by atoms with E-state index in [4.69, 9.17) is 9.47 Å². The normalized spacial score (nSPS) is 17.3. The van der Waals surface area contributed by atoms with Gasteiger partial charge >= 0.3 is 5.97 Å². The highest BCUT2D eigenvalue weighted by molar-refractivity contribution is 6.35. The monoisotopic (exact) mass is 489 g/mol. The number of benzene rings is 3. The number of esters is 1. The van der Waals surface area contributed by atoms with Crippen molar-refractivity contribution >= 4 is 28.8 Å². The molecule has 3 N–H and O–H groups in total. The van der Waals surface area contributed by atoms with Crippen molar-refractivity contribution < 1.29 is 39.2 Å². The van der Waals surface area contributed by atoms with E-state index in [0.29, 0.717) is 11.3 Å². The average Bonchev–Trinajstić information content (AvgIpc) is 3.11. The molecule has 1 atom stereocenters. The molecule has 0 aromatic heterocycles.